The molecule has 0 bridgehead atoms. The molecule has 6 nitrogen and oxygen atoms in total. The Bertz CT molecular complexity index is 752. The number of carbonyl (C=O) groups excluding carboxylic acids is 1. The normalized spacial score (nSPS) is 15.4. The van der Waals surface area contributed by atoms with Crippen molar-refractivity contribution in [2.24, 2.45) is 5.10 Å². The summed E-state index contributed by atoms with van der Waals surface area (Å²) < 4.78 is 25.4. The second-order valence-electron chi connectivity index (χ2n) is 6.33. The third kappa shape index (κ3) is 6.01. The molecule has 25 heavy (non-hydrogen) atoms. The summed E-state index contributed by atoms with van der Waals surface area (Å²) in [6.07, 6.45) is 7.34. The molecule has 1 aromatic carbocycles. The van der Waals surface area contributed by atoms with Gasteiger partial charge in [-0.1, -0.05) is 30.5 Å². The molecule has 0 unspecified atom stereocenters. The van der Waals surface area contributed by atoms with Crippen LogP contribution >= 0.6 is 11.6 Å². The Hall–Kier alpha value is -1.60. The molecule has 1 aliphatic rings. The van der Waals surface area contributed by atoms with Crippen LogP contribution in [0.15, 0.2) is 23.3 Å². The lowest BCUT2D eigenvalue weighted by atomic mass is 10.2. The summed E-state index contributed by atoms with van der Waals surface area (Å²) >= 11 is 5.98. The maximum absolute atomic E-state index is 12.2. The number of hydrazone groups is 1. The molecule has 1 aromatic rings. The lowest BCUT2D eigenvalue weighted by molar-refractivity contribution is -0.119. The zero-order valence-electron chi connectivity index (χ0n) is 14.6. The van der Waals surface area contributed by atoms with Crippen LogP contribution in [0.3, 0.4) is 0 Å². The van der Waals surface area contributed by atoms with Gasteiger partial charge in [0.25, 0.3) is 5.91 Å². The monoisotopic (exact) mass is 385 g/mol. The number of hydrogen-bond acceptors (Lipinski definition) is 4. The van der Waals surface area contributed by atoms with Crippen molar-refractivity contribution in [3.05, 3.63) is 28.8 Å². The highest BCUT2D eigenvalue weighted by Gasteiger charge is 2.22. The lowest BCUT2D eigenvalue weighted by Gasteiger charge is -2.23. The zero-order chi connectivity index (χ0) is 18.4. The number of aryl methyl sites for hydroxylation is 1. The molecule has 1 saturated carbocycles. The van der Waals surface area contributed by atoms with E-state index in [4.69, 9.17) is 11.6 Å². The molecule has 1 fully saturated rings. The van der Waals surface area contributed by atoms with Gasteiger partial charge >= 0.3 is 0 Å². The summed E-state index contributed by atoms with van der Waals surface area (Å²) in [7, 11) is -3.64. The van der Waals surface area contributed by atoms with E-state index in [1.807, 2.05) is 0 Å². The average Bonchev–Trinajstić information content (AvgIpc) is 2.81. The summed E-state index contributed by atoms with van der Waals surface area (Å²) in [5, 5.41) is 4.59. The zero-order valence-corrected chi connectivity index (χ0v) is 16.2. The Kier molecular flexibility index (Phi) is 6.84. The minimum Gasteiger partial charge on any atom is -0.271 e. The van der Waals surface area contributed by atoms with E-state index < -0.39 is 15.9 Å². The number of nitrogens with one attached hydrogen (secondary N) is 1. The fourth-order valence-electron chi connectivity index (χ4n) is 2.79. The van der Waals surface area contributed by atoms with Crippen molar-refractivity contribution in [2.75, 3.05) is 17.1 Å². The van der Waals surface area contributed by atoms with Crippen LogP contribution in [0.4, 0.5) is 5.69 Å². The van der Waals surface area contributed by atoms with Crippen LogP contribution in [0, 0.1) is 6.92 Å². The van der Waals surface area contributed by atoms with Crippen LogP contribution < -0.4 is 9.73 Å². The summed E-state index contributed by atoms with van der Waals surface area (Å²) in [4.78, 5) is 12.2. The van der Waals surface area contributed by atoms with Gasteiger partial charge in [-0.25, -0.2) is 13.8 Å². The van der Waals surface area contributed by atoms with Crippen LogP contribution in [0.5, 0.6) is 0 Å². The first-order chi connectivity index (χ1) is 11.8. The highest BCUT2D eigenvalue weighted by atomic mass is 35.5. The molecule has 0 radical (unpaired) electrons. The Morgan fingerprint density at radius 2 is 1.88 bits per heavy atom. The van der Waals surface area contributed by atoms with Gasteiger partial charge in [0.15, 0.2) is 0 Å². The van der Waals surface area contributed by atoms with Crippen LogP contribution in [-0.2, 0) is 14.8 Å². The minimum atomic E-state index is -3.64. The first kappa shape index (κ1) is 19.7. The summed E-state index contributed by atoms with van der Waals surface area (Å²) in [6.45, 7) is 1.43. The highest BCUT2D eigenvalue weighted by molar-refractivity contribution is 7.92. The summed E-state index contributed by atoms with van der Waals surface area (Å²) in [5.41, 5.74) is 4.58. The first-order valence-electron chi connectivity index (χ1n) is 8.35. The first-order valence-corrected chi connectivity index (χ1v) is 10.6. The number of nitrogens with zero attached hydrogens (tertiary/aromatic N) is 2. The van der Waals surface area contributed by atoms with Crippen molar-refractivity contribution < 1.29 is 13.2 Å². The average molecular weight is 386 g/mol. The Labute approximate surface area is 154 Å². The topological polar surface area (TPSA) is 78.8 Å². The predicted octanol–water partition coefficient (Wildman–Crippen LogP) is 3.24. The second kappa shape index (κ2) is 8.67. The molecule has 0 atom stereocenters. The van der Waals surface area contributed by atoms with Gasteiger partial charge in [0.1, 0.15) is 6.54 Å². The molecule has 1 N–H and O–H groups in total. The Balaban J connectivity index is 2.13. The van der Waals surface area contributed by atoms with E-state index in [0.29, 0.717) is 10.7 Å². The summed E-state index contributed by atoms with van der Waals surface area (Å²) in [5.74, 6) is -0.471. The molecule has 0 spiro atoms. The van der Waals surface area contributed by atoms with Gasteiger partial charge in [0.05, 0.1) is 11.9 Å². The number of anilines is 1. The van der Waals surface area contributed by atoms with E-state index in [1.54, 1.807) is 25.1 Å². The van der Waals surface area contributed by atoms with Crippen molar-refractivity contribution >= 4 is 38.9 Å². The van der Waals surface area contributed by atoms with Crippen LogP contribution in [0.1, 0.15) is 44.1 Å². The Morgan fingerprint density at radius 1 is 1.24 bits per heavy atom. The molecule has 0 saturated heterocycles. The molecule has 1 aliphatic carbocycles. The van der Waals surface area contributed by atoms with E-state index in [1.165, 1.54) is 12.8 Å². The predicted molar refractivity (Wildman–Crippen MR) is 102 cm³/mol. The van der Waals surface area contributed by atoms with Crippen LogP contribution in [0.25, 0.3) is 0 Å². The quantitative estimate of drug-likeness (QED) is 0.624. The molecular weight excluding hydrogens is 362 g/mol. The fourth-order valence-corrected chi connectivity index (χ4v) is 3.86. The molecule has 0 heterocycles. The maximum Gasteiger partial charge on any atom is 0.260 e. The fraction of sp³-hybridized carbons (Fsp3) is 0.529. The van der Waals surface area contributed by atoms with Gasteiger partial charge in [0.2, 0.25) is 10.0 Å². The maximum atomic E-state index is 12.2. The molecule has 138 valence electrons. The van der Waals surface area contributed by atoms with E-state index in [0.717, 1.165) is 47.5 Å². The lowest BCUT2D eigenvalue weighted by Crippen LogP contribution is -2.39. The molecular formula is C17H24ClN3O3S. The van der Waals surface area contributed by atoms with E-state index >= 15 is 0 Å². The van der Waals surface area contributed by atoms with Crippen molar-refractivity contribution in [1.29, 1.82) is 0 Å². The molecule has 1 amide bonds. The largest absolute Gasteiger partial charge is 0.271 e. The van der Waals surface area contributed by atoms with E-state index in [-0.39, 0.29) is 6.54 Å². The standard InChI is InChI=1S/C17H24ClN3O3S/c1-13-9-10-14(18)11-16(13)21(25(2,23)24)12-17(22)20-19-15-7-5-3-4-6-8-15/h9-11H,3-8,12H2,1-2H3,(H,20,22). The number of sulfonamides is 1. The SMILES string of the molecule is Cc1ccc(Cl)cc1N(CC(=O)NN=C1CCCCCC1)S(C)(=O)=O. The van der Waals surface area contributed by atoms with Crippen molar-refractivity contribution in [3.63, 3.8) is 0 Å². The molecule has 0 aromatic heterocycles. The Morgan fingerprint density at radius 3 is 2.48 bits per heavy atom. The van der Waals surface area contributed by atoms with Crippen molar-refractivity contribution in [1.82, 2.24) is 5.43 Å². The van der Waals surface area contributed by atoms with E-state index in [9.17, 15) is 13.2 Å². The third-order valence-corrected chi connectivity index (χ3v) is 5.51. The second-order valence-corrected chi connectivity index (χ2v) is 8.67. The number of amides is 1. The van der Waals surface area contributed by atoms with Gasteiger partial charge in [-0.2, -0.15) is 5.10 Å². The van der Waals surface area contributed by atoms with Gasteiger partial charge in [-0.3, -0.25) is 9.10 Å². The number of benzene rings is 1. The molecule has 2 rings (SSSR count). The number of rotatable bonds is 5. The van der Waals surface area contributed by atoms with Crippen LogP contribution in [-0.4, -0.2) is 32.8 Å². The minimum absolute atomic E-state index is 0.337. The van der Waals surface area contributed by atoms with Crippen molar-refractivity contribution in [3.8, 4) is 0 Å². The smallest absolute Gasteiger partial charge is 0.260 e. The van der Waals surface area contributed by atoms with Gasteiger partial charge in [-0.05, 0) is 50.3 Å². The highest BCUT2D eigenvalue weighted by Crippen LogP contribution is 2.26. The third-order valence-electron chi connectivity index (χ3n) is 4.15. The van der Waals surface area contributed by atoms with Crippen LogP contribution in [0.2, 0.25) is 5.02 Å². The number of halogens is 1. The summed E-state index contributed by atoms with van der Waals surface area (Å²) in [6, 6.07) is 4.95. The van der Waals surface area contributed by atoms with Gasteiger partial charge < -0.3 is 0 Å². The number of carbonyl (C=O) groups is 1. The number of hydrogen-bond donors (Lipinski definition) is 1. The van der Waals surface area contributed by atoms with Gasteiger partial charge in [-0.15, -0.1) is 0 Å². The van der Waals surface area contributed by atoms with Crippen molar-refractivity contribution in [2.45, 2.75) is 45.4 Å². The molecule has 8 heteroatoms. The van der Waals surface area contributed by atoms with E-state index in [2.05, 4.69) is 10.5 Å². The molecule has 0 aliphatic heterocycles. The van der Waals surface area contributed by atoms with Gasteiger partial charge in [0, 0.05) is 10.7 Å².